The van der Waals surface area contributed by atoms with E-state index >= 15 is 0 Å². The highest BCUT2D eigenvalue weighted by atomic mass is 32.2. The number of carbonyl (C=O) groups is 1. The van der Waals surface area contributed by atoms with Crippen molar-refractivity contribution in [3.63, 3.8) is 0 Å². The summed E-state index contributed by atoms with van der Waals surface area (Å²) in [7, 11) is 0. The van der Waals surface area contributed by atoms with E-state index in [-0.39, 0.29) is 17.2 Å². The number of hydrogen-bond donors (Lipinski definition) is 1. The molecule has 4 rings (SSSR count). The highest BCUT2D eigenvalue weighted by Crippen LogP contribution is 2.46. The first-order chi connectivity index (χ1) is 12.1. The van der Waals surface area contributed by atoms with Crippen molar-refractivity contribution in [2.45, 2.75) is 67.9 Å². The molecule has 6 heteroatoms. The molecular weight excluding hydrogens is 332 g/mol. The largest absolute Gasteiger partial charge is 0.349 e. The Kier molecular flexibility index (Phi) is 4.54. The number of nitrogens with zero attached hydrogens (tertiary/aromatic N) is 3. The van der Waals surface area contributed by atoms with Gasteiger partial charge in [0.2, 0.25) is 5.91 Å². The lowest BCUT2D eigenvalue weighted by Gasteiger charge is -2.18. The summed E-state index contributed by atoms with van der Waals surface area (Å²) in [5.41, 5.74) is 1.12. The molecule has 2 atom stereocenters. The molecule has 0 radical (unpaired) electrons. The van der Waals surface area contributed by atoms with Crippen LogP contribution in [0.15, 0.2) is 35.5 Å². The summed E-state index contributed by atoms with van der Waals surface area (Å²) in [6.45, 7) is 3.96. The number of thioether (sulfide) groups is 1. The van der Waals surface area contributed by atoms with Crippen molar-refractivity contribution >= 4 is 17.7 Å². The second kappa shape index (κ2) is 6.83. The molecule has 2 aliphatic carbocycles. The summed E-state index contributed by atoms with van der Waals surface area (Å²) in [6, 6.07) is 10.6. The van der Waals surface area contributed by atoms with Crippen LogP contribution in [0, 0.1) is 0 Å². The van der Waals surface area contributed by atoms with Crippen LogP contribution < -0.4 is 5.32 Å². The molecule has 1 amide bonds. The third-order valence-corrected chi connectivity index (χ3v) is 5.91. The minimum Gasteiger partial charge on any atom is -0.349 e. The van der Waals surface area contributed by atoms with Crippen LogP contribution in [0.2, 0.25) is 0 Å². The lowest BCUT2D eigenvalue weighted by atomic mass is 10.1. The molecule has 2 saturated carbocycles. The van der Waals surface area contributed by atoms with Gasteiger partial charge in [-0.2, -0.15) is 0 Å². The third kappa shape index (κ3) is 3.73. The zero-order valence-electron chi connectivity index (χ0n) is 14.7. The predicted octanol–water partition coefficient (Wildman–Crippen LogP) is 3.85. The van der Waals surface area contributed by atoms with Gasteiger partial charge in [0.25, 0.3) is 0 Å². The van der Waals surface area contributed by atoms with E-state index in [2.05, 4.69) is 20.1 Å². The van der Waals surface area contributed by atoms with Gasteiger partial charge in [0.05, 0.1) is 11.3 Å². The van der Waals surface area contributed by atoms with Gasteiger partial charge in [0, 0.05) is 12.0 Å². The lowest BCUT2D eigenvalue weighted by Crippen LogP contribution is -2.33. The fourth-order valence-corrected chi connectivity index (χ4v) is 3.97. The molecule has 0 spiro atoms. The Morgan fingerprint density at radius 1 is 1.16 bits per heavy atom. The average Bonchev–Trinajstić information content (AvgIpc) is 3.54. The zero-order valence-corrected chi connectivity index (χ0v) is 15.5. The Morgan fingerprint density at radius 3 is 2.52 bits per heavy atom. The molecule has 0 bridgehead atoms. The molecule has 2 aliphatic rings. The average molecular weight is 356 g/mol. The number of aromatic nitrogens is 3. The standard InChI is InChI=1S/C19H24N4OS/c1-12(14-6-4-3-5-7-14)20-18(24)13(2)25-19-22-21-17(15-8-9-15)23(19)16-10-11-16/h3-7,12-13,15-16H,8-11H2,1-2H3,(H,20,24). The van der Waals surface area contributed by atoms with Gasteiger partial charge in [0.1, 0.15) is 5.82 Å². The van der Waals surface area contributed by atoms with Crippen molar-refractivity contribution in [1.29, 1.82) is 0 Å². The van der Waals surface area contributed by atoms with Gasteiger partial charge in [-0.1, -0.05) is 42.1 Å². The Labute approximate surface area is 152 Å². The van der Waals surface area contributed by atoms with Crippen LogP contribution in [0.25, 0.3) is 0 Å². The molecule has 1 aromatic carbocycles. The molecule has 25 heavy (non-hydrogen) atoms. The van der Waals surface area contributed by atoms with Crippen LogP contribution in [0.3, 0.4) is 0 Å². The van der Waals surface area contributed by atoms with Crippen LogP contribution in [0.4, 0.5) is 0 Å². The van der Waals surface area contributed by atoms with Gasteiger partial charge in [-0.25, -0.2) is 0 Å². The molecular formula is C19H24N4OS. The Morgan fingerprint density at radius 2 is 1.88 bits per heavy atom. The summed E-state index contributed by atoms with van der Waals surface area (Å²) in [5, 5.41) is 12.6. The van der Waals surface area contributed by atoms with Crippen LogP contribution in [0.5, 0.6) is 0 Å². The number of nitrogens with one attached hydrogen (secondary N) is 1. The zero-order chi connectivity index (χ0) is 17.4. The van der Waals surface area contributed by atoms with Gasteiger partial charge in [-0.3, -0.25) is 4.79 Å². The molecule has 0 aliphatic heterocycles. The molecule has 0 saturated heterocycles. The van der Waals surface area contributed by atoms with Crippen LogP contribution in [0.1, 0.15) is 68.9 Å². The fourth-order valence-electron chi connectivity index (χ4n) is 3.03. The maximum absolute atomic E-state index is 12.6. The van der Waals surface area contributed by atoms with Crippen molar-refractivity contribution in [1.82, 2.24) is 20.1 Å². The molecule has 5 nitrogen and oxygen atoms in total. The van der Waals surface area contributed by atoms with Gasteiger partial charge in [-0.05, 0) is 45.1 Å². The summed E-state index contributed by atoms with van der Waals surface area (Å²) in [5.74, 6) is 1.76. The number of carbonyl (C=O) groups excluding carboxylic acids is 1. The number of amides is 1. The Hall–Kier alpha value is -1.82. The predicted molar refractivity (Wildman–Crippen MR) is 98.6 cm³/mol. The lowest BCUT2D eigenvalue weighted by molar-refractivity contribution is -0.120. The quantitative estimate of drug-likeness (QED) is 0.766. The minimum atomic E-state index is -0.195. The van der Waals surface area contributed by atoms with Crippen molar-refractivity contribution < 1.29 is 4.79 Å². The van der Waals surface area contributed by atoms with Crippen molar-refractivity contribution in [3.05, 3.63) is 41.7 Å². The monoisotopic (exact) mass is 356 g/mol. The smallest absolute Gasteiger partial charge is 0.233 e. The summed E-state index contributed by atoms with van der Waals surface area (Å²) >= 11 is 1.53. The van der Waals surface area contributed by atoms with E-state index in [1.54, 1.807) is 0 Å². The second-order valence-electron chi connectivity index (χ2n) is 7.12. The minimum absolute atomic E-state index is 0.0000713. The van der Waals surface area contributed by atoms with Crippen LogP contribution >= 0.6 is 11.8 Å². The Bertz CT molecular complexity index is 752. The van der Waals surface area contributed by atoms with Crippen molar-refractivity contribution in [2.75, 3.05) is 0 Å². The summed E-state index contributed by atoms with van der Waals surface area (Å²) < 4.78 is 2.30. The van der Waals surface area contributed by atoms with E-state index in [0.29, 0.717) is 12.0 Å². The van der Waals surface area contributed by atoms with Gasteiger partial charge in [-0.15, -0.1) is 10.2 Å². The van der Waals surface area contributed by atoms with Gasteiger partial charge >= 0.3 is 0 Å². The highest BCUT2D eigenvalue weighted by molar-refractivity contribution is 8.00. The van der Waals surface area contributed by atoms with E-state index < -0.39 is 0 Å². The first kappa shape index (κ1) is 16.6. The maximum Gasteiger partial charge on any atom is 0.233 e. The Balaban J connectivity index is 1.41. The second-order valence-corrected chi connectivity index (χ2v) is 8.43. The van der Waals surface area contributed by atoms with E-state index in [9.17, 15) is 4.79 Å². The third-order valence-electron chi connectivity index (χ3n) is 4.86. The first-order valence-corrected chi connectivity index (χ1v) is 9.98. The highest BCUT2D eigenvalue weighted by Gasteiger charge is 2.37. The van der Waals surface area contributed by atoms with Gasteiger partial charge < -0.3 is 9.88 Å². The normalized spacial score (nSPS) is 19.4. The molecule has 132 valence electrons. The van der Waals surface area contributed by atoms with E-state index in [4.69, 9.17) is 0 Å². The molecule has 2 unspecified atom stereocenters. The first-order valence-electron chi connectivity index (χ1n) is 9.10. The van der Waals surface area contributed by atoms with Crippen LogP contribution in [-0.2, 0) is 4.79 Å². The molecule has 2 fully saturated rings. The molecule has 1 heterocycles. The summed E-state index contributed by atoms with van der Waals surface area (Å²) in [4.78, 5) is 12.6. The topological polar surface area (TPSA) is 59.8 Å². The number of hydrogen-bond acceptors (Lipinski definition) is 4. The van der Waals surface area contributed by atoms with E-state index in [1.807, 2.05) is 44.2 Å². The fraction of sp³-hybridized carbons (Fsp3) is 0.526. The van der Waals surface area contributed by atoms with Crippen molar-refractivity contribution in [3.8, 4) is 0 Å². The molecule has 1 N–H and O–H groups in total. The summed E-state index contributed by atoms with van der Waals surface area (Å²) in [6.07, 6.45) is 4.86. The van der Waals surface area contributed by atoms with Crippen molar-refractivity contribution in [2.24, 2.45) is 0 Å². The van der Waals surface area contributed by atoms with E-state index in [1.165, 1.54) is 37.4 Å². The maximum atomic E-state index is 12.6. The van der Waals surface area contributed by atoms with Crippen LogP contribution in [-0.4, -0.2) is 25.9 Å². The number of rotatable bonds is 7. The number of benzene rings is 1. The van der Waals surface area contributed by atoms with Gasteiger partial charge in [0.15, 0.2) is 5.16 Å². The SMILES string of the molecule is CC(Sc1nnc(C2CC2)n1C1CC1)C(=O)NC(C)c1ccccc1. The molecule has 2 aromatic rings. The van der Waals surface area contributed by atoms with E-state index in [0.717, 1.165) is 16.5 Å². The molecule has 1 aromatic heterocycles.